The lowest BCUT2D eigenvalue weighted by molar-refractivity contribution is 0.416. The fourth-order valence-electron chi connectivity index (χ4n) is 2.41. The number of aromatic nitrogens is 2. The van der Waals surface area contributed by atoms with Gasteiger partial charge in [0.05, 0.1) is 18.2 Å². The van der Waals surface area contributed by atoms with Crippen molar-refractivity contribution in [3.8, 4) is 17.1 Å². The molecule has 21 heavy (non-hydrogen) atoms. The normalized spacial score (nSPS) is 10.8. The Morgan fingerprint density at radius 1 is 1.05 bits per heavy atom. The molecule has 3 rings (SSSR count). The Morgan fingerprint density at radius 2 is 1.86 bits per heavy atom. The topological polar surface area (TPSA) is 35.0 Å². The number of methoxy groups -OCH3 is 1. The molecule has 0 amide bonds. The molecular formula is C17H15ClN2O. The summed E-state index contributed by atoms with van der Waals surface area (Å²) in [7, 11) is 1.64. The van der Waals surface area contributed by atoms with E-state index in [0.717, 1.165) is 34.2 Å². The summed E-state index contributed by atoms with van der Waals surface area (Å²) in [5.41, 5.74) is 2.91. The van der Waals surface area contributed by atoms with Crippen molar-refractivity contribution in [2.24, 2.45) is 0 Å². The minimum absolute atomic E-state index is 0.469. The summed E-state index contributed by atoms with van der Waals surface area (Å²) in [6, 6.07) is 13.7. The van der Waals surface area contributed by atoms with Gasteiger partial charge in [-0.2, -0.15) is 0 Å². The van der Waals surface area contributed by atoms with Gasteiger partial charge >= 0.3 is 0 Å². The van der Waals surface area contributed by atoms with Crippen LogP contribution in [-0.2, 0) is 6.42 Å². The van der Waals surface area contributed by atoms with Crippen LogP contribution in [0.25, 0.3) is 22.3 Å². The summed E-state index contributed by atoms with van der Waals surface area (Å²) in [5, 5.41) is 1.35. The number of rotatable bonds is 3. The lowest BCUT2D eigenvalue weighted by Crippen LogP contribution is -1.97. The van der Waals surface area contributed by atoms with Crippen LogP contribution >= 0.6 is 11.6 Å². The molecule has 4 heteroatoms. The third-order valence-electron chi connectivity index (χ3n) is 3.49. The van der Waals surface area contributed by atoms with Gasteiger partial charge in [-0.05, 0) is 30.2 Å². The second-order valence-corrected chi connectivity index (χ2v) is 5.06. The maximum Gasteiger partial charge on any atom is 0.165 e. The average molecular weight is 299 g/mol. The SMILES string of the molecule is CCc1cccc2c(Cl)nc(-c3ccccc3OC)nc12. The third-order valence-corrected chi connectivity index (χ3v) is 3.78. The van der Waals surface area contributed by atoms with Crippen molar-refractivity contribution >= 4 is 22.5 Å². The molecule has 0 atom stereocenters. The van der Waals surface area contributed by atoms with Crippen LogP contribution < -0.4 is 4.74 Å². The summed E-state index contributed by atoms with van der Waals surface area (Å²) >= 11 is 6.34. The second-order valence-electron chi connectivity index (χ2n) is 4.71. The minimum atomic E-state index is 0.469. The van der Waals surface area contributed by atoms with Crippen LogP contribution in [0.1, 0.15) is 12.5 Å². The van der Waals surface area contributed by atoms with Crippen LogP contribution in [0.15, 0.2) is 42.5 Å². The number of halogens is 1. The molecule has 3 nitrogen and oxygen atoms in total. The first-order valence-corrected chi connectivity index (χ1v) is 7.21. The van der Waals surface area contributed by atoms with Crippen molar-refractivity contribution in [1.82, 2.24) is 9.97 Å². The summed E-state index contributed by atoms with van der Waals surface area (Å²) in [6.45, 7) is 2.10. The lowest BCUT2D eigenvalue weighted by Gasteiger charge is -2.10. The molecule has 2 aromatic carbocycles. The van der Waals surface area contributed by atoms with E-state index in [1.165, 1.54) is 0 Å². The van der Waals surface area contributed by atoms with E-state index in [1.807, 2.05) is 36.4 Å². The fourth-order valence-corrected chi connectivity index (χ4v) is 2.64. The van der Waals surface area contributed by atoms with Crippen molar-refractivity contribution in [3.05, 3.63) is 53.2 Å². The monoisotopic (exact) mass is 298 g/mol. The van der Waals surface area contributed by atoms with Crippen molar-refractivity contribution in [1.29, 1.82) is 0 Å². The third kappa shape index (κ3) is 2.45. The molecule has 0 spiro atoms. The van der Waals surface area contributed by atoms with Crippen molar-refractivity contribution in [3.63, 3.8) is 0 Å². The zero-order valence-corrected chi connectivity index (χ0v) is 12.7. The smallest absolute Gasteiger partial charge is 0.165 e. The molecule has 0 saturated heterocycles. The molecule has 1 aromatic heterocycles. The van der Waals surface area contributed by atoms with Crippen LogP contribution in [-0.4, -0.2) is 17.1 Å². The first kappa shape index (κ1) is 13.8. The van der Waals surface area contributed by atoms with Gasteiger partial charge in [-0.25, -0.2) is 9.97 Å². The van der Waals surface area contributed by atoms with E-state index in [4.69, 9.17) is 21.3 Å². The summed E-state index contributed by atoms with van der Waals surface area (Å²) in [6.07, 6.45) is 0.899. The molecule has 0 fully saturated rings. The fraction of sp³-hybridized carbons (Fsp3) is 0.176. The Bertz CT molecular complexity index is 802. The van der Waals surface area contributed by atoms with Gasteiger partial charge < -0.3 is 4.74 Å². The Morgan fingerprint density at radius 3 is 2.62 bits per heavy atom. The predicted octanol–water partition coefficient (Wildman–Crippen LogP) is 4.52. The highest BCUT2D eigenvalue weighted by molar-refractivity contribution is 6.34. The van der Waals surface area contributed by atoms with Crippen LogP contribution in [0.4, 0.5) is 0 Å². The molecule has 0 aliphatic carbocycles. The van der Waals surface area contributed by atoms with Gasteiger partial charge in [0, 0.05) is 5.39 Å². The molecule has 1 heterocycles. The Labute approximate surface area is 128 Å². The number of ether oxygens (including phenoxy) is 1. The molecule has 106 valence electrons. The number of nitrogens with zero attached hydrogens (tertiary/aromatic N) is 2. The van der Waals surface area contributed by atoms with Gasteiger partial charge in [0.25, 0.3) is 0 Å². The highest BCUT2D eigenvalue weighted by atomic mass is 35.5. The zero-order valence-electron chi connectivity index (χ0n) is 11.9. The summed E-state index contributed by atoms with van der Waals surface area (Å²) < 4.78 is 5.39. The molecule has 0 radical (unpaired) electrons. The molecule has 0 unspecified atom stereocenters. The van der Waals surface area contributed by atoms with Gasteiger partial charge in [-0.3, -0.25) is 0 Å². The molecule has 0 bridgehead atoms. The number of para-hydroxylation sites is 2. The molecule has 0 aliphatic heterocycles. The van der Waals surface area contributed by atoms with Crippen molar-refractivity contribution in [2.45, 2.75) is 13.3 Å². The lowest BCUT2D eigenvalue weighted by atomic mass is 10.1. The van der Waals surface area contributed by atoms with Crippen LogP contribution in [0, 0.1) is 0 Å². The van der Waals surface area contributed by atoms with Crippen LogP contribution in [0.2, 0.25) is 5.15 Å². The first-order chi connectivity index (χ1) is 10.2. The largest absolute Gasteiger partial charge is 0.496 e. The Hall–Kier alpha value is -2.13. The van der Waals surface area contributed by atoms with Gasteiger partial charge in [-0.1, -0.05) is 42.8 Å². The number of fused-ring (bicyclic) bond motifs is 1. The van der Waals surface area contributed by atoms with Crippen LogP contribution in [0.3, 0.4) is 0 Å². The second kappa shape index (κ2) is 5.70. The number of hydrogen-bond acceptors (Lipinski definition) is 3. The van der Waals surface area contributed by atoms with E-state index in [1.54, 1.807) is 7.11 Å². The summed E-state index contributed by atoms with van der Waals surface area (Å²) in [5.74, 6) is 1.33. The molecule has 0 saturated carbocycles. The van der Waals surface area contributed by atoms with Gasteiger partial charge in [0.15, 0.2) is 5.82 Å². The highest BCUT2D eigenvalue weighted by Gasteiger charge is 2.13. The van der Waals surface area contributed by atoms with Gasteiger partial charge in [0.2, 0.25) is 0 Å². The van der Waals surface area contributed by atoms with Gasteiger partial charge in [0.1, 0.15) is 10.9 Å². The van der Waals surface area contributed by atoms with Crippen LogP contribution in [0.5, 0.6) is 5.75 Å². The maximum absolute atomic E-state index is 6.34. The number of hydrogen-bond donors (Lipinski definition) is 0. The minimum Gasteiger partial charge on any atom is -0.496 e. The van der Waals surface area contributed by atoms with E-state index in [2.05, 4.69) is 18.0 Å². The molecule has 3 aromatic rings. The number of benzene rings is 2. The zero-order chi connectivity index (χ0) is 14.8. The average Bonchev–Trinajstić information content (AvgIpc) is 2.54. The van der Waals surface area contributed by atoms with E-state index in [9.17, 15) is 0 Å². The standard InChI is InChI=1S/C17H15ClN2O/c1-3-11-7-6-9-13-15(11)19-17(20-16(13)18)12-8-4-5-10-14(12)21-2/h4-10H,3H2,1-2H3. The summed E-state index contributed by atoms with van der Waals surface area (Å²) in [4.78, 5) is 9.14. The number of aryl methyl sites for hydroxylation is 1. The quantitative estimate of drug-likeness (QED) is 0.667. The van der Waals surface area contributed by atoms with E-state index >= 15 is 0 Å². The van der Waals surface area contributed by atoms with Crippen molar-refractivity contribution < 1.29 is 4.74 Å². The Balaban J connectivity index is 2.29. The van der Waals surface area contributed by atoms with Crippen molar-refractivity contribution in [2.75, 3.05) is 7.11 Å². The highest BCUT2D eigenvalue weighted by Crippen LogP contribution is 2.31. The van der Waals surface area contributed by atoms with Gasteiger partial charge in [-0.15, -0.1) is 0 Å². The predicted molar refractivity (Wildman–Crippen MR) is 85.9 cm³/mol. The molecular weight excluding hydrogens is 284 g/mol. The Kier molecular flexibility index (Phi) is 3.76. The van der Waals surface area contributed by atoms with E-state index in [0.29, 0.717) is 11.0 Å². The van der Waals surface area contributed by atoms with E-state index < -0.39 is 0 Å². The maximum atomic E-state index is 6.34. The first-order valence-electron chi connectivity index (χ1n) is 6.83. The molecule has 0 aliphatic rings. The molecule has 0 N–H and O–H groups in total. The van der Waals surface area contributed by atoms with E-state index in [-0.39, 0.29) is 0 Å².